The highest BCUT2D eigenvalue weighted by Gasteiger charge is 2.19. The summed E-state index contributed by atoms with van der Waals surface area (Å²) in [4.78, 5) is 25.4. The topological polar surface area (TPSA) is 86.1 Å². The lowest BCUT2D eigenvalue weighted by atomic mass is 10.2. The number of nitrogens with one attached hydrogen (secondary N) is 1. The third kappa shape index (κ3) is 4.85. The summed E-state index contributed by atoms with van der Waals surface area (Å²) in [6, 6.07) is 1.78. The number of anilines is 1. The van der Waals surface area contributed by atoms with Crippen LogP contribution in [-0.2, 0) is 23.0 Å². The van der Waals surface area contributed by atoms with Gasteiger partial charge in [-0.3, -0.25) is 4.79 Å². The number of esters is 1. The number of thiophene rings is 1. The molecular formula is C17H24N4O3S2. The summed E-state index contributed by atoms with van der Waals surface area (Å²) in [5.41, 5.74) is 0.410. The predicted molar refractivity (Wildman–Crippen MR) is 104 cm³/mol. The number of carbonyl (C=O) groups is 2. The van der Waals surface area contributed by atoms with Crippen LogP contribution >= 0.6 is 23.1 Å². The predicted octanol–water partition coefficient (Wildman–Crippen LogP) is 3.47. The third-order valence-corrected chi connectivity index (χ3v) is 5.81. The first-order valence-electron chi connectivity index (χ1n) is 8.49. The van der Waals surface area contributed by atoms with Gasteiger partial charge in [0.05, 0.1) is 17.9 Å². The van der Waals surface area contributed by atoms with Crippen molar-refractivity contribution in [2.75, 3.05) is 17.7 Å². The monoisotopic (exact) mass is 396 g/mol. The molecule has 142 valence electrons. The summed E-state index contributed by atoms with van der Waals surface area (Å²) in [5, 5.41) is 12.3. The molecule has 0 aliphatic heterocycles. The summed E-state index contributed by atoms with van der Waals surface area (Å²) in [6.07, 6.45) is 0.790. The molecule has 2 rings (SSSR count). The van der Waals surface area contributed by atoms with Crippen molar-refractivity contribution in [3.8, 4) is 0 Å². The van der Waals surface area contributed by atoms with Gasteiger partial charge in [-0.1, -0.05) is 32.5 Å². The molecule has 0 aromatic carbocycles. The maximum atomic E-state index is 12.3. The number of aryl methyl sites for hydroxylation is 1. The van der Waals surface area contributed by atoms with E-state index in [2.05, 4.69) is 15.5 Å². The average molecular weight is 397 g/mol. The average Bonchev–Trinajstić information content (AvgIpc) is 3.16. The molecule has 0 unspecified atom stereocenters. The zero-order chi connectivity index (χ0) is 19.3. The van der Waals surface area contributed by atoms with Crippen LogP contribution in [0, 0.1) is 0 Å². The second-order valence-corrected chi connectivity index (χ2v) is 8.00. The Morgan fingerprint density at radius 2 is 2.08 bits per heavy atom. The van der Waals surface area contributed by atoms with Gasteiger partial charge in [0.1, 0.15) is 10.8 Å². The molecule has 1 N–H and O–H groups in total. The van der Waals surface area contributed by atoms with E-state index in [1.54, 1.807) is 13.0 Å². The van der Waals surface area contributed by atoms with Gasteiger partial charge in [0.25, 0.3) is 0 Å². The fraction of sp³-hybridized carbons (Fsp3) is 0.529. The van der Waals surface area contributed by atoms with Crippen molar-refractivity contribution < 1.29 is 14.3 Å². The Bertz CT molecular complexity index is 783. The van der Waals surface area contributed by atoms with E-state index in [9.17, 15) is 9.59 Å². The fourth-order valence-electron chi connectivity index (χ4n) is 2.32. The smallest absolute Gasteiger partial charge is 0.341 e. The number of carbonyl (C=O) groups excluding carboxylic acids is 2. The SMILES string of the molecule is CCOC(=O)c1cc(CC)sc1NC(=O)CSc1nnc(C(C)C)n1C. The molecule has 0 saturated heterocycles. The molecule has 7 nitrogen and oxygen atoms in total. The van der Waals surface area contributed by atoms with Crippen molar-refractivity contribution in [2.24, 2.45) is 7.05 Å². The van der Waals surface area contributed by atoms with Crippen molar-refractivity contribution in [2.45, 2.75) is 45.2 Å². The van der Waals surface area contributed by atoms with Crippen LogP contribution in [0.1, 0.15) is 54.7 Å². The number of ether oxygens (including phenoxy) is 1. The van der Waals surface area contributed by atoms with E-state index in [1.165, 1.54) is 23.1 Å². The van der Waals surface area contributed by atoms with Crippen molar-refractivity contribution >= 4 is 40.0 Å². The number of hydrogen-bond acceptors (Lipinski definition) is 7. The van der Waals surface area contributed by atoms with Gasteiger partial charge < -0.3 is 14.6 Å². The summed E-state index contributed by atoms with van der Waals surface area (Å²) < 4.78 is 6.96. The molecule has 26 heavy (non-hydrogen) atoms. The Hall–Kier alpha value is -1.87. The molecule has 2 aromatic rings. The molecule has 0 bridgehead atoms. The number of aromatic nitrogens is 3. The third-order valence-electron chi connectivity index (χ3n) is 3.60. The van der Waals surface area contributed by atoms with E-state index in [1.807, 2.05) is 32.4 Å². The van der Waals surface area contributed by atoms with Crippen LogP contribution in [0.2, 0.25) is 0 Å². The van der Waals surface area contributed by atoms with Crippen LogP contribution in [0.4, 0.5) is 5.00 Å². The van der Waals surface area contributed by atoms with Crippen molar-refractivity contribution in [1.82, 2.24) is 14.8 Å². The van der Waals surface area contributed by atoms with Crippen molar-refractivity contribution in [3.05, 3.63) is 22.3 Å². The van der Waals surface area contributed by atoms with Crippen molar-refractivity contribution in [3.63, 3.8) is 0 Å². The lowest BCUT2D eigenvalue weighted by molar-refractivity contribution is -0.113. The van der Waals surface area contributed by atoms with Gasteiger partial charge in [-0.2, -0.15) is 0 Å². The van der Waals surface area contributed by atoms with Gasteiger partial charge in [0.2, 0.25) is 5.91 Å². The molecule has 0 aliphatic carbocycles. The molecule has 0 radical (unpaired) electrons. The van der Waals surface area contributed by atoms with E-state index in [0.717, 1.165) is 17.1 Å². The van der Waals surface area contributed by atoms with Crippen LogP contribution in [0.5, 0.6) is 0 Å². The minimum absolute atomic E-state index is 0.186. The van der Waals surface area contributed by atoms with E-state index < -0.39 is 5.97 Å². The van der Waals surface area contributed by atoms with E-state index in [4.69, 9.17) is 4.74 Å². The number of amides is 1. The van der Waals surface area contributed by atoms with Gasteiger partial charge in [0, 0.05) is 17.8 Å². The summed E-state index contributed by atoms with van der Waals surface area (Å²) >= 11 is 2.72. The molecule has 9 heteroatoms. The van der Waals surface area contributed by atoms with Crippen molar-refractivity contribution in [1.29, 1.82) is 0 Å². The van der Waals surface area contributed by atoms with Crippen LogP contribution in [-0.4, -0.2) is 39.0 Å². The highest BCUT2D eigenvalue weighted by molar-refractivity contribution is 7.99. The molecule has 1 amide bonds. The molecule has 2 heterocycles. The minimum atomic E-state index is -0.415. The normalized spacial score (nSPS) is 11.0. The zero-order valence-corrected chi connectivity index (χ0v) is 17.3. The Morgan fingerprint density at radius 1 is 1.35 bits per heavy atom. The maximum Gasteiger partial charge on any atom is 0.341 e. The molecule has 0 saturated carbocycles. The Morgan fingerprint density at radius 3 is 2.65 bits per heavy atom. The number of rotatable bonds is 8. The number of thioether (sulfide) groups is 1. The standard InChI is InChI=1S/C17H24N4O3S2/c1-6-11-8-12(16(23)24-7-2)15(26-11)18-13(22)9-25-17-20-19-14(10(3)4)21(17)5/h8,10H,6-7,9H2,1-5H3,(H,18,22). The first kappa shape index (κ1) is 20.4. The first-order valence-corrected chi connectivity index (χ1v) is 10.3. The van der Waals surface area contributed by atoms with E-state index >= 15 is 0 Å². The van der Waals surface area contributed by atoms with E-state index in [0.29, 0.717) is 22.3 Å². The highest BCUT2D eigenvalue weighted by atomic mass is 32.2. The Balaban J connectivity index is 2.04. The van der Waals surface area contributed by atoms with Gasteiger partial charge in [0.15, 0.2) is 5.16 Å². The number of nitrogens with zero attached hydrogens (tertiary/aromatic N) is 3. The Labute approximate surface area is 161 Å². The highest BCUT2D eigenvalue weighted by Crippen LogP contribution is 2.30. The molecule has 0 fully saturated rings. The van der Waals surface area contributed by atoms with Crippen LogP contribution < -0.4 is 5.32 Å². The zero-order valence-electron chi connectivity index (χ0n) is 15.7. The lowest BCUT2D eigenvalue weighted by Gasteiger charge is -2.07. The van der Waals surface area contributed by atoms with Crippen LogP contribution in [0.25, 0.3) is 0 Å². The molecule has 0 atom stereocenters. The molecule has 0 spiro atoms. The number of hydrogen-bond donors (Lipinski definition) is 1. The molecule has 2 aromatic heterocycles. The quantitative estimate of drug-likeness (QED) is 0.543. The second-order valence-electron chi connectivity index (χ2n) is 5.92. The van der Waals surface area contributed by atoms with Gasteiger partial charge in [-0.15, -0.1) is 21.5 Å². The lowest BCUT2D eigenvalue weighted by Crippen LogP contribution is -2.16. The fourth-order valence-corrected chi connectivity index (χ4v) is 4.04. The largest absolute Gasteiger partial charge is 0.462 e. The summed E-state index contributed by atoms with van der Waals surface area (Å²) in [5.74, 6) is 0.719. The van der Waals surface area contributed by atoms with Crippen LogP contribution in [0.3, 0.4) is 0 Å². The molecular weight excluding hydrogens is 372 g/mol. The summed E-state index contributed by atoms with van der Waals surface area (Å²) in [6.45, 7) is 8.15. The van der Waals surface area contributed by atoms with Gasteiger partial charge in [-0.05, 0) is 19.4 Å². The Kier molecular flexibility index (Phi) is 7.22. The first-order chi connectivity index (χ1) is 12.4. The second kappa shape index (κ2) is 9.18. The summed E-state index contributed by atoms with van der Waals surface area (Å²) in [7, 11) is 1.89. The van der Waals surface area contributed by atoms with Crippen LogP contribution in [0.15, 0.2) is 11.2 Å². The minimum Gasteiger partial charge on any atom is -0.462 e. The molecule has 0 aliphatic rings. The van der Waals surface area contributed by atoms with Gasteiger partial charge >= 0.3 is 5.97 Å². The van der Waals surface area contributed by atoms with Gasteiger partial charge in [-0.25, -0.2) is 4.79 Å². The van der Waals surface area contributed by atoms with E-state index in [-0.39, 0.29) is 17.6 Å². The maximum absolute atomic E-state index is 12.3.